The molecular formula is C16H25NO. The third kappa shape index (κ3) is 3.34. The molecule has 0 N–H and O–H groups in total. The van der Waals surface area contributed by atoms with Crippen LogP contribution in [0.2, 0.25) is 0 Å². The average Bonchev–Trinajstić information content (AvgIpc) is 2.38. The summed E-state index contributed by atoms with van der Waals surface area (Å²) in [5.74, 6) is 0.155. The molecule has 0 bridgehead atoms. The maximum Gasteiger partial charge on any atom is 0.254 e. The van der Waals surface area contributed by atoms with Crippen molar-refractivity contribution in [2.45, 2.75) is 59.5 Å². The van der Waals surface area contributed by atoms with Gasteiger partial charge >= 0.3 is 0 Å². The van der Waals surface area contributed by atoms with E-state index in [1.807, 2.05) is 36.1 Å². The Bertz CT molecular complexity index is 390. The van der Waals surface area contributed by atoms with E-state index >= 15 is 0 Å². The summed E-state index contributed by atoms with van der Waals surface area (Å²) >= 11 is 0. The number of hydrogen-bond acceptors (Lipinski definition) is 1. The second kappa shape index (κ2) is 6.58. The van der Waals surface area contributed by atoms with Crippen LogP contribution in [-0.4, -0.2) is 22.9 Å². The van der Waals surface area contributed by atoms with Crippen LogP contribution in [0.1, 0.15) is 56.5 Å². The van der Waals surface area contributed by atoms with Crippen LogP contribution in [0.25, 0.3) is 0 Å². The van der Waals surface area contributed by atoms with Crippen molar-refractivity contribution in [3.63, 3.8) is 0 Å². The van der Waals surface area contributed by atoms with Crippen LogP contribution in [0, 0.1) is 6.92 Å². The summed E-state index contributed by atoms with van der Waals surface area (Å²) in [6, 6.07) is 8.43. The molecule has 1 amide bonds. The first kappa shape index (κ1) is 14.7. The Kier molecular flexibility index (Phi) is 5.39. The molecule has 0 radical (unpaired) electrons. The normalized spacial score (nSPS) is 14.1. The summed E-state index contributed by atoms with van der Waals surface area (Å²) in [7, 11) is 0. The molecule has 0 heterocycles. The minimum absolute atomic E-state index is 0.155. The van der Waals surface area contributed by atoms with Crippen molar-refractivity contribution in [2.75, 3.05) is 0 Å². The Morgan fingerprint density at radius 3 is 2.17 bits per heavy atom. The van der Waals surface area contributed by atoms with E-state index in [-0.39, 0.29) is 18.0 Å². The summed E-state index contributed by atoms with van der Waals surface area (Å²) < 4.78 is 0. The monoisotopic (exact) mass is 247 g/mol. The number of nitrogens with zero attached hydrogens (tertiary/aromatic N) is 1. The SMILES string of the molecule is CCC(C)N(C(=O)c1cccc(C)c1)C(C)CC. The van der Waals surface area contributed by atoms with Gasteiger partial charge in [-0.1, -0.05) is 31.5 Å². The zero-order valence-electron chi connectivity index (χ0n) is 12.2. The van der Waals surface area contributed by atoms with Gasteiger partial charge in [0.2, 0.25) is 0 Å². The van der Waals surface area contributed by atoms with Crippen molar-refractivity contribution in [3.8, 4) is 0 Å². The Morgan fingerprint density at radius 1 is 1.17 bits per heavy atom. The molecule has 100 valence electrons. The maximum atomic E-state index is 12.6. The van der Waals surface area contributed by atoms with Crippen LogP contribution in [0.5, 0.6) is 0 Å². The van der Waals surface area contributed by atoms with Crippen LogP contribution in [0.4, 0.5) is 0 Å². The first-order valence-electron chi connectivity index (χ1n) is 6.90. The quantitative estimate of drug-likeness (QED) is 0.769. The van der Waals surface area contributed by atoms with Crippen molar-refractivity contribution < 1.29 is 4.79 Å². The van der Waals surface area contributed by atoms with E-state index < -0.39 is 0 Å². The fourth-order valence-electron chi connectivity index (χ4n) is 2.16. The van der Waals surface area contributed by atoms with Gasteiger partial charge in [0, 0.05) is 17.6 Å². The van der Waals surface area contributed by atoms with Crippen LogP contribution in [0.15, 0.2) is 24.3 Å². The third-order valence-corrected chi connectivity index (χ3v) is 3.63. The molecule has 1 aromatic rings. The molecule has 0 saturated carbocycles. The van der Waals surface area contributed by atoms with Crippen LogP contribution in [-0.2, 0) is 0 Å². The number of carbonyl (C=O) groups excluding carboxylic acids is 1. The van der Waals surface area contributed by atoms with Crippen molar-refractivity contribution in [1.82, 2.24) is 4.90 Å². The Morgan fingerprint density at radius 2 is 1.72 bits per heavy atom. The predicted octanol–water partition coefficient (Wildman–Crippen LogP) is 4.03. The molecule has 2 unspecified atom stereocenters. The molecule has 0 saturated heterocycles. The number of benzene rings is 1. The van der Waals surface area contributed by atoms with Crippen LogP contribution >= 0.6 is 0 Å². The van der Waals surface area contributed by atoms with Crippen LogP contribution in [0.3, 0.4) is 0 Å². The lowest BCUT2D eigenvalue weighted by molar-refractivity contribution is 0.0598. The summed E-state index contributed by atoms with van der Waals surface area (Å²) in [6.45, 7) is 10.5. The first-order chi connectivity index (χ1) is 8.51. The maximum absolute atomic E-state index is 12.6. The minimum atomic E-state index is 0.155. The van der Waals surface area contributed by atoms with Gasteiger partial charge in [-0.25, -0.2) is 0 Å². The Labute approximate surface area is 111 Å². The highest BCUT2D eigenvalue weighted by molar-refractivity contribution is 5.94. The smallest absolute Gasteiger partial charge is 0.254 e. The van der Waals surface area contributed by atoms with E-state index in [1.165, 1.54) is 0 Å². The van der Waals surface area contributed by atoms with Gasteiger partial charge in [-0.2, -0.15) is 0 Å². The number of amides is 1. The molecule has 0 spiro atoms. The molecule has 0 aromatic heterocycles. The van der Waals surface area contributed by atoms with Gasteiger partial charge in [0.1, 0.15) is 0 Å². The van der Waals surface area contributed by atoms with Gasteiger partial charge in [-0.3, -0.25) is 4.79 Å². The predicted molar refractivity (Wildman–Crippen MR) is 76.9 cm³/mol. The standard InChI is InChI=1S/C16H25NO/c1-6-13(4)17(14(5)7-2)16(18)15-10-8-9-12(3)11-15/h8-11,13-14H,6-7H2,1-5H3. The molecule has 2 atom stereocenters. The molecule has 0 aliphatic rings. The topological polar surface area (TPSA) is 20.3 Å². The van der Waals surface area contributed by atoms with Crippen LogP contribution < -0.4 is 0 Å². The summed E-state index contributed by atoms with van der Waals surface area (Å²) in [6.07, 6.45) is 1.98. The van der Waals surface area contributed by atoms with Crippen molar-refractivity contribution in [2.24, 2.45) is 0 Å². The van der Waals surface area contributed by atoms with E-state index in [1.54, 1.807) is 0 Å². The summed E-state index contributed by atoms with van der Waals surface area (Å²) in [5, 5.41) is 0. The van der Waals surface area contributed by atoms with Gasteiger partial charge in [-0.05, 0) is 45.7 Å². The minimum Gasteiger partial charge on any atom is -0.333 e. The largest absolute Gasteiger partial charge is 0.333 e. The van der Waals surface area contributed by atoms with Crippen molar-refractivity contribution in [3.05, 3.63) is 35.4 Å². The van der Waals surface area contributed by atoms with Gasteiger partial charge in [-0.15, -0.1) is 0 Å². The van der Waals surface area contributed by atoms with E-state index in [0.29, 0.717) is 0 Å². The second-order valence-corrected chi connectivity index (χ2v) is 5.10. The van der Waals surface area contributed by atoms with Gasteiger partial charge in [0.25, 0.3) is 5.91 Å². The highest BCUT2D eigenvalue weighted by Gasteiger charge is 2.24. The molecular weight excluding hydrogens is 222 g/mol. The molecule has 1 rings (SSSR count). The molecule has 2 heteroatoms. The van der Waals surface area contributed by atoms with E-state index in [4.69, 9.17) is 0 Å². The summed E-state index contributed by atoms with van der Waals surface area (Å²) in [4.78, 5) is 14.6. The molecule has 0 fully saturated rings. The Hall–Kier alpha value is -1.31. The highest BCUT2D eigenvalue weighted by atomic mass is 16.2. The van der Waals surface area contributed by atoms with Gasteiger partial charge in [0.15, 0.2) is 0 Å². The van der Waals surface area contributed by atoms with Crippen molar-refractivity contribution in [1.29, 1.82) is 0 Å². The number of carbonyl (C=O) groups is 1. The Balaban J connectivity index is 3.02. The van der Waals surface area contributed by atoms with Gasteiger partial charge < -0.3 is 4.90 Å². The zero-order valence-corrected chi connectivity index (χ0v) is 12.2. The summed E-state index contributed by atoms with van der Waals surface area (Å²) in [5.41, 5.74) is 1.93. The molecule has 18 heavy (non-hydrogen) atoms. The average molecular weight is 247 g/mol. The molecule has 1 aromatic carbocycles. The third-order valence-electron chi connectivity index (χ3n) is 3.63. The lowest BCUT2D eigenvalue weighted by Crippen LogP contribution is -2.44. The number of hydrogen-bond donors (Lipinski definition) is 0. The number of rotatable bonds is 5. The molecule has 0 aliphatic carbocycles. The highest BCUT2D eigenvalue weighted by Crippen LogP contribution is 2.17. The number of aryl methyl sites for hydroxylation is 1. The second-order valence-electron chi connectivity index (χ2n) is 5.10. The molecule has 2 nitrogen and oxygen atoms in total. The lowest BCUT2D eigenvalue weighted by atomic mass is 10.1. The van der Waals surface area contributed by atoms with Gasteiger partial charge in [0.05, 0.1) is 0 Å². The fourth-order valence-corrected chi connectivity index (χ4v) is 2.16. The fraction of sp³-hybridized carbons (Fsp3) is 0.562. The van der Waals surface area contributed by atoms with Crippen molar-refractivity contribution >= 4 is 5.91 Å². The first-order valence-corrected chi connectivity index (χ1v) is 6.90. The van der Waals surface area contributed by atoms with E-state index in [2.05, 4.69) is 27.7 Å². The van der Waals surface area contributed by atoms with E-state index in [9.17, 15) is 4.79 Å². The zero-order chi connectivity index (χ0) is 13.7. The van der Waals surface area contributed by atoms with E-state index in [0.717, 1.165) is 24.0 Å². The molecule has 0 aliphatic heterocycles. The lowest BCUT2D eigenvalue weighted by Gasteiger charge is -2.34.